The van der Waals surface area contributed by atoms with E-state index >= 15 is 0 Å². The van der Waals surface area contributed by atoms with Gasteiger partial charge in [0.2, 0.25) is 5.91 Å². The predicted molar refractivity (Wildman–Crippen MR) is 60.1 cm³/mol. The number of carbonyl (C=O) groups is 1. The Kier molecular flexibility index (Phi) is 4.69. The molecule has 1 unspecified atom stereocenters. The third-order valence-corrected chi connectivity index (χ3v) is 2.78. The van der Waals surface area contributed by atoms with Crippen LogP contribution in [0, 0.1) is 5.82 Å². The van der Waals surface area contributed by atoms with Crippen LogP contribution in [0.25, 0.3) is 0 Å². The van der Waals surface area contributed by atoms with Crippen molar-refractivity contribution in [3.63, 3.8) is 0 Å². The molecule has 0 aliphatic carbocycles. The molecule has 0 aromatic heterocycles. The summed E-state index contributed by atoms with van der Waals surface area (Å²) < 4.78 is 49.5. The highest BCUT2D eigenvalue weighted by atomic mass is 79.9. The standard InChI is InChI=1S/C10H9BrF4N2O/c11-7-2-1-5(12)3-6(7)8(9(16)18)17-4-10(13,14)15/h1-3,8,17H,4H2,(H2,16,18). The fourth-order valence-electron chi connectivity index (χ4n) is 1.32. The van der Waals surface area contributed by atoms with Crippen LogP contribution < -0.4 is 11.1 Å². The molecule has 0 saturated heterocycles. The maximum atomic E-state index is 13.0. The number of carbonyl (C=O) groups excluding carboxylic acids is 1. The van der Waals surface area contributed by atoms with Crippen molar-refractivity contribution in [2.75, 3.05) is 6.54 Å². The quantitative estimate of drug-likeness (QED) is 0.833. The van der Waals surface area contributed by atoms with Crippen LogP contribution in [0.4, 0.5) is 17.6 Å². The Morgan fingerprint density at radius 1 is 1.44 bits per heavy atom. The Balaban J connectivity index is 2.98. The first kappa shape index (κ1) is 14.9. The van der Waals surface area contributed by atoms with Crippen molar-refractivity contribution in [3.8, 4) is 0 Å². The van der Waals surface area contributed by atoms with E-state index in [1.165, 1.54) is 6.07 Å². The Morgan fingerprint density at radius 3 is 2.56 bits per heavy atom. The van der Waals surface area contributed by atoms with Gasteiger partial charge in [0.25, 0.3) is 0 Å². The molecular formula is C10H9BrF4N2O. The van der Waals surface area contributed by atoms with Gasteiger partial charge in [-0.25, -0.2) is 4.39 Å². The second-order valence-electron chi connectivity index (χ2n) is 3.50. The van der Waals surface area contributed by atoms with E-state index in [4.69, 9.17) is 5.73 Å². The maximum Gasteiger partial charge on any atom is 0.401 e. The van der Waals surface area contributed by atoms with Crippen molar-refractivity contribution < 1.29 is 22.4 Å². The first-order valence-electron chi connectivity index (χ1n) is 4.75. The van der Waals surface area contributed by atoms with Gasteiger partial charge in [0.05, 0.1) is 6.54 Å². The minimum atomic E-state index is -4.49. The van der Waals surface area contributed by atoms with E-state index in [0.29, 0.717) is 4.47 Å². The van der Waals surface area contributed by atoms with Gasteiger partial charge in [-0.1, -0.05) is 15.9 Å². The second-order valence-corrected chi connectivity index (χ2v) is 4.35. The molecule has 0 spiro atoms. The second kappa shape index (κ2) is 5.66. The van der Waals surface area contributed by atoms with Crippen molar-refractivity contribution in [1.82, 2.24) is 5.32 Å². The van der Waals surface area contributed by atoms with Gasteiger partial charge in [0, 0.05) is 4.47 Å². The van der Waals surface area contributed by atoms with E-state index in [1.54, 1.807) is 0 Å². The van der Waals surface area contributed by atoms with Gasteiger partial charge in [0.1, 0.15) is 11.9 Å². The number of amides is 1. The molecule has 100 valence electrons. The lowest BCUT2D eigenvalue weighted by atomic mass is 10.1. The van der Waals surface area contributed by atoms with E-state index in [1.807, 2.05) is 5.32 Å². The highest BCUT2D eigenvalue weighted by Gasteiger charge is 2.30. The maximum absolute atomic E-state index is 13.0. The minimum Gasteiger partial charge on any atom is -0.368 e. The van der Waals surface area contributed by atoms with Gasteiger partial charge in [-0.05, 0) is 23.8 Å². The molecule has 8 heteroatoms. The zero-order valence-electron chi connectivity index (χ0n) is 8.89. The van der Waals surface area contributed by atoms with Gasteiger partial charge in [-0.2, -0.15) is 13.2 Å². The number of rotatable bonds is 4. The van der Waals surface area contributed by atoms with Gasteiger partial charge in [-0.3, -0.25) is 10.1 Å². The molecule has 3 nitrogen and oxygen atoms in total. The Bertz CT molecular complexity index is 450. The normalized spacial score (nSPS) is 13.4. The summed E-state index contributed by atoms with van der Waals surface area (Å²) in [6.45, 7) is -1.40. The van der Waals surface area contributed by atoms with Crippen molar-refractivity contribution in [1.29, 1.82) is 0 Å². The van der Waals surface area contributed by atoms with E-state index in [2.05, 4.69) is 15.9 Å². The number of benzene rings is 1. The minimum absolute atomic E-state index is 0.0201. The molecule has 0 fully saturated rings. The van der Waals surface area contributed by atoms with Crippen molar-refractivity contribution in [2.45, 2.75) is 12.2 Å². The Hall–Kier alpha value is -1.15. The predicted octanol–water partition coefficient (Wildman–Crippen LogP) is 2.27. The summed E-state index contributed by atoms with van der Waals surface area (Å²) in [5, 5.41) is 1.95. The highest BCUT2D eigenvalue weighted by Crippen LogP contribution is 2.25. The molecule has 0 saturated carbocycles. The van der Waals surface area contributed by atoms with Crippen LogP contribution >= 0.6 is 15.9 Å². The molecular weight excluding hydrogens is 320 g/mol. The van der Waals surface area contributed by atoms with E-state index < -0.39 is 30.5 Å². The SMILES string of the molecule is NC(=O)C(NCC(F)(F)F)c1cc(F)ccc1Br. The van der Waals surface area contributed by atoms with Crippen LogP contribution in [0.2, 0.25) is 0 Å². The smallest absolute Gasteiger partial charge is 0.368 e. The van der Waals surface area contributed by atoms with Crippen LogP contribution in [0.1, 0.15) is 11.6 Å². The topological polar surface area (TPSA) is 55.1 Å². The van der Waals surface area contributed by atoms with Crippen LogP contribution in [-0.2, 0) is 4.79 Å². The van der Waals surface area contributed by atoms with Gasteiger partial charge < -0.3 is 5.73 Å². The van der Waals surface area contributed by atoms with Crippen LogP contribution in [0.15, 0.2) is 22.7 Å². The van der Waals surface area contributed by atoms with Gasteiger partial charge >= 0.3 is 6.18 Å². The van der Waals surface area contributed by atoms with E-state index in [0.717, 1.165) is 12.1 Å². The lowest BCUT2D eigenvalue weighted by molar-refractivity contribution is -0.130. The largest absolute Gasteiger partial charge is 0.401 e. The lowest BCUT2D eigenvalue weighted by Crippen LogP contribution is -2.39. The first-order valence-corrected chi connectivity index (χ1v) is 5.54. The number of nitrogens with two attached hydrogens (primary N) is 1. The Morgan fingerprint density at radius 2 is 2.06 bits per heavy atom. The molecule has 1 aromatic carbocycles. The number of nitrogens with one attached hydrogen (secondary N) is 1. The van der Waals surface area contributed by atoms with Crippen LogP contribution in [-0.4, -0.2) is 18.6 Å². The fourth-order valence-corrected chi connectivity index (χ4v) is 1.79. The van der Waals surface area contributed by atoms with Gasteiger partial charge in [0.15, 0.2) is 0 Å². The lowest BCUT2D eigenvalue weighted by Gasteiger charge is -2.18. The molecule has 0 radical (unpaired) electrons. The summed E-state index contributed by atoms with van der Waals surface area (Å²) in [6, 6.07) is 1.92. The molecule has 1 amide bonds. The molecule has 0 aliphatic rings. The molecule has 1 atom stereocenters. The van der Waals surface area contributed by atoms with Crippen molar-refractivity contribution >= 4 is 21.8 Å². The number of primary amides is 1. The average Bonchev–Trinajstić information content (AvgIpc) is 2.21. The summed E-state index contributed by atoms with van der Waals surface area (Å²) in [4.78, 5) is 11.1. The van der Waals surface area contributed by atoms with Crippen molar-refractivity contribution in [2.24, 2.45) is 5.73 Å². The molecule has 18 heavy (non-hydrogen) atoms. The molecule has 0 bridgehead atoms. The van der Waals surface area contributed by atoms with E-state index in [9.17, 15) is 22.4 Å². The molecule has 3 N–H and O–H groups in total. The van der Waals surface area contributed by atoms with Crippen LogP contribution in [0.3, 0.4) is 0 Å². The molecule has 0 aliphatic heterocycles. The molecule has 1 aromatic rings. The number of hydrogen-bond acceptors (Lipinski definition) is 2. The van der Waals surface area contributed by atoms with Gasteiger partial charge in [-0.15, -0.1) is 0 Å². The number of halogens is 5. The van der Waals surface area contributed by atoms with Crippen LogP contribution in [0.5, 0.6) is 0 Å². The summed E-state index contributed by atoms with van der Waals surface area (Å²) >= 11 is 3.02. The fraction of sp³-hybridized carbons (Fsp3) is 0.300. The summed E-state index contributed by atoms with van der Waals surface area (Å²) in [6.07, 6.45) is -4.49. The van der Waals surface area contributed by atoms with E-state index in [-0.39, 0.29) is 5.56 Å². The third-order valence-electron chi connectivity index (χ3n) is 2.06. The number of alkyl halides is 3. The Labute approximate surface area is 108 Å². The zero-order valence-corrected chi connectivity index (χ0v) is 10.5. The summed E-state index contributed by atoms with van der Waals surface area (Å²) in [7, 11) is 0. The monoisotopic (exact) mass is 328 g/mol. The third kappa shape index (κ3) is 4.26. The zero-order chi connectivity index (χ0) is 13.9. The van der Waals surface area contributed by atoms with Crippen molar-refractivity contribution in [3.05, 3.63) is 34.1 Å². The highest BCUT2D eigenvalue weighted by molar-refractivity contribution is 9.10. The molecule has 1 rings (SSSR count). The first-order chi connectivity index (χ1) is 8.20. The summed E-state index contributed by atoms with van der Waals surface area (Å²) in [5.41, 5.74) is 5.03. The molecule has 0 heterocycles. The number of hydrogen-bond donors (Lipinski definition) is 2. The average molecular weight is 329 g/mol. The summed E-state index contributed by atoms with van der Waals surface area (Å²) in [5.74, 6) is -1.70.